The Morgan fingerprint density at radius 3 is 2.62 bits per heavy atom. The molecule has 0 saturated carbocycles. The zero-order valence-corrected chi connectivity index (χ0v) is 15.7. The number of nitrogens with zero attached hydrogens (tertiary/aromatic N) is 1. The number of aliphatic carboxylic acids is 1. The summed E-state index contributed by atoms with van der Waals surface area (Å²) in [4.78, 5) is 13.3. The number of carboxylic acids is 1. The van der Waals surface area contributed by atoms with Crippen molar-refractivity contribution in [3.8, 4) is 11.1 Å². The van der Waals surface area contributed by atoms with Crippen molar-refractivity contribution in [2.75, 3.05) is 26.2 Å². The predicted molar refractivity (Wildman–Crippen MR) is 106 cm³/mol. The number of piperidine rings is 1. The van der Waals surface area contributed by atoms with Gasteiger partial charge in [-0.05, 0) is 36.1 Å². The van der Waals surface area contributed by atoms with Crippen LogP contribution in [-0.2, 0) is 16.1 Å². The molecule has 1 aliphatic heterocycles. The summed E-state index contributed by atoms with van der Waals surface area (Å²) in [6.07, 6.45) is 1.74. The highest BCUT2D eigenvalue weighted by molar-refractivity contribution is 5.85. The molecule has 1 heterocycles. The van der Waals surface area contributed by atoms with Gasteiger partial charge in [0.2, 0.25) is 0 Å². The average molecular weight is 376 g/mol. The van der Waals surface area contributed by atoms with Gasteiger partial charge in [0.25, 0.3) is 0 Å². The van der Waals surface area contributed by atoms with E-state index >= 15 is 0 Å². The van der Waals surface area contributed by atoms with Crippen molar-refractivity contribution in [3.63, 3.8) is 0 Å². The van der Waals surface area contributed by atoms with Gasteiger partial charge in [0.1, 0.15) is 0 Å². The van der Waals surface area contributed by atoms with Gasteiger partial charge < -0.3 is 14.7 Å². The SMILES string of the molecule is Cl.O=C(O)[C@@H]1CCCN(CCOCc2ccccc2-c2ccccc2)C1. The van der Waals surface area contributed by atoms with Crippen molar-refractivity contribution in [1.82, 2.24) is 4.90 Å². The normalized spacial score (nSPS) is 17.5. The first-order valence-electron chi connectivity index (χ1n) is 8.90. The number of carbonyl (C=O) groups is 1. The zero-order chi connectivity index (χ0) is 17.5. The standard InChI is InChI=1S/C21H25NO3.ClH/c23-21(24)18-10-6-12-22(15-18)13-14-25-16-19-9-4-5-11-20(19)17-7-2-1-3-8-17;/h1-5,7-9,11,18H,6,10,12-16H2,(H,23,24);1H/t18-;/m1./s1. The van der Waals surface area contributed by atoms with Gasteiger partial charge in [-0.15, -0.1) is 12.4 Å². The van der Waals surface area contributed by atoms with Gasteiger partial charge in [-0.3, -0.25) is 4.79 Å². The van der Waals surface area contributed by atoms with E-state index < -0.39 is 5.97 Å². The third kappa shape index (κ3) is 5.56. The van der Waals surface area contributed by atoms with E-state index in [9.17, 15) is 4.79 Å². The minimum atomic E-state index is -0.678. The van der Waals surface area contributed by atoms with Gasteiger partial charge in [0.05, 0.1) is 19.1 Å². The van der Waals surface area contributed by atoms with E-state index in [1.165, 1.54) is 16.7 Å². The van der Waals surface area contributed by atoms with E-state index in [2.05, 4.69) is 29.2 Å². The van der Waals surface area contributed by atoms with Crippen LogP contribution in [0.15, 0.2) is 54.6 Å². The van der Waals surface area contributed by atoms with Crippen LogP contribution in [0.5, 0.6) is 0 Å². The van der Waals surface area contributed by atoms with E-state index in [1.54, 1.807) is 0 Å². The van der Waals surface area contributed by atoms with Crippen LogP contribution in [0.25, 0.3) is 11.1 Å². The molecular weight excluding hydrogens is 350 g/mol. The Bertz CT molecular complexity index is 693. The van der Waals surface area contributed by atoms with Gasteiger partial charge >= 0.3 is 5.97 Å². The molecule has 1 aliphatic rings. The minimum Gasteiger partial charge on any atom is -0.481 e. The topological polar surface area (TPSA) is 49.8 Å². The average Bonchev–Trinajstić information content (AvgIpc) is 2.66. The molecule has 1 N–H and O–H groups in total. The second-order valence-corrected chi connectivity index (χ2v) is 6.55. The van der Waals surface area contributed by atoms with Crippen LogP contribution in [0.1, 0.15) is 18.4 Å². The molecule has 1 saturated heterocycles. The summed E-state index contributed by atoms with van der Waals surface area (Å²) in [7, 11) is 0. The molecule has 0 aromatic heterocycles. The first-order chi connectivity index (χ1) is 12.2. The van der Waals surface area contributed by atoms with Gasteiger partial charge in [-0.1, -0.05) is 54.6 Å². The van der Waals surface area contributed by atoms with Gasteiger partial charge in [0.15, 0.2) is 0 Å². The number of hydrogen-bond donors (Lipinski definition) is 1. The summed E-state index contributed by atoms with van der Waals surface area (Å²) in [6.45, 7) is 3.58. The molecule has 3 rings (SSSR count). The fourth-order valence-electron chi connectivity index (χ4n) is 3.38. The second kappa shape index (κ2) is 10.3. The molecule has 5 heteroatoms. The van der Waals surface area contributed by atoms with E-state index in [-0.39, 0.29) is 18.3 Å². The zero-order valence-electron chi connectivity index (χ0n) is 14.8. The van der Waals surface area contributed by atoms with Crippen molar-refractivity contribution in [1.29, 1.82) is 0 Å². The van der Waals surface area contributed by atoms with Crippen LogP contribution in [0.4, 0.5) is 0 Å². The highest BCUT2D eigenvalue weighted by Gasteiger charge is 2.24. The number of hydrogen-bond acceptors (Lipinski definition) is 3. The van der Waals surface area contributed by atoms with Gasteiger partial charge in [-0.2, -0.15) is 0 Å². The second-order valence-electron chi connectivity index (χ2n) is 6.55. The Labute approximate surface area is 161 Å². The molecule has 140 valence electrons. The van der Waals surface area contributed by atoms with Crippen LogP contribution in [0, 0.1) is 5.92 Å². The summed E-state index contributed by atoms with van der Waals surface area (Å²) >= 11 is 0. The van der Waals surface area contributed by atoms with Crippen LogP contribution < -0.4 is 0 Å². The summed E-state index contributed by atoms with van der Waals surface area (Å²) in [5.41, 5.74) is 3.57. The molecule has 1 fully saturated rings. The third-order valence-corrected chi connectivity index (χ3v) is 4.77. The molecule has 0 spiro atoms. The Kier molecular flexibility index (Phi) is 8.10. The van der Waals surface area contributed by atoms with E-state index in [1.807, 2.05) is 30.3 Å². The largest absolute Gasteiger partial charge is 0.481 e. The summed E-state index contributed by atoms with van der Waals surface area (Å²) in [5.74, 6) is -0.907. The van der Waals surface area contributed by atoms with Gasteiger partial charge in [0, 0.05) is 13.1 Å². The summed E-state index contributed by atoms with van der Waals surface area (Å²) in [6, 6.07) is 18.6. The highest BCUT2D eigenvalue weighted by Crippen LogP contribution is 2.24. The fraction of sp³-hybridized carbons (Fsp3) is 0.381. The highest BCUT2D eigenvalue weighted by atomic mass is 35.5. The van der Waals surface area contributed by atoms with Crippen molar-refractivity contribution >= 4 is 18.4 Å². The number of likely N-dealkylation sites (tertiary alicyclic amines) is 1. The lowest BCUT2D eigenvalue weighted by molar-refractivity contribution is -0.143. The van der Waals surface area contributed by atoms with E-state index in [0.29, 0.717) is 19.8 Å². The van der Waals surface area contributed by atoms with Crippen LogP contribution >= 0.6 is 12.4 Å². The molecule has 0 bridgehead atoms. The quantitative estimate of drug-likeness (QED) is 0.740. The lowest BCUT2D eigenvalue weighted by Gasteiger charge is -2.30. The van der Waals surface area contributed by atoms with Crippen LogP contribution in [-0.4, -0.2) is 42.2 Å². The van der Waals surface area contributed by atoms with Crippen molar-refractivity contribution in [2.45, 2.75) is 19.4 Å². The Hall–Kier alpha value is -1.88. The summed E-state index contributed by atoms with van der Waals surface area (Å²) in [5, 5.41) is 9.16. The first-order valence-corrected chi connectivity index (χ1v) is 8.90. The number of halogens is 1. The van der Waals surface area contributed by atoms with E-state index in [0.717, 1.165) is 25.9 Å². The Morgan fingerprint density at radius 2 is 1.85 bits per heavy atom. The van der Waals surface area contributed by atoms with Crippen LogP contribution in [0.3, 0.4) is 0 Å². The lowest BCUT2D eigenvalue weighted by atomic mass is 9.98. The molecule has 0 amide bonds. The maximum atomic E-state index is 11.1. The number of ether oxygens (including phenoxy) is 1. The fourth-order valence-corrected chi connectivity index (χ4v) is 3.38. The molecule has 4 nitrogen and oxygen atoms in total. The molecule has 2 aromatic carbocycles. The lowest BCUT2D eigenvalue weighted by Crippen LogP contribution is -2.40. The maximum absolute atomic E-state index is 11.1. The monoisotopic (exact) mass is 375 g/mol. The van der Waals surface area contributed by atoms with Crippen molar-refractivity contribution < 1.29 is 14.6 Å². The maximum Gasteiger partial charge on any atom is 0.307 e. The summed E-state index contributed by atoms with van der Waals surface area (Å²) < 4.78 is 5.89. The minimum absolute atomic E-state index is 0. The smallest absolute Gasteiger partial charge is 0.307 e. The Morgan fingerprint density at radius 1 is 1.12 bits per heavy atom. The molecule has 0 unspecified atom stereocenters. The van der Waals surface area contributed by atoms with Gasteiger partial charge in [-0.25, -0.2) is 0 Å². The van der Waals surface area contributed by atoms with Crippen LogP contribution in [0.2, 0.25) is 0 Å². The number of benzene rings is 2. The Balaban J connectivity index is 0.00000243. The number of carboxylic acid groups (broad SMARTS) is 1. The molecule has 1 atom stereocenters. The van der Waals surface area contributed by atoms with Crippen molar-refractivity contribution in [2.24, 2.45) is 5.92 Å². The molecule has 0 radical (unpaired) electrons. The molecule has 0 aliphatic carbocycles. The third-order valence-electron chi connectivity index (χ3n) is 4.77. The molecule has 2 aromatic rings. The molecule has 26 heavy (non-hydrogen) atoms. The first kappa shape index (κ1) is 20.4. The number of rotatable bonds is 7. The van der Waals surface area contributed by atoms with Crippen molar-refractivity contribution in [3.05, 3.63) is 60.2 Å². The predicted octanol–water partition coefficient (Wildman–Crippen LogP) is 4.09. The molecular formula is C21H26ClNO3. The van der Waals surface area contributed by atoms with E-state index in [4.69, 9.17) is 9.84 Å².